The molecular formula is C11H20N4O3. The third kappa shape index (κ3) is 4.33. The van der Waals surface area contributed by atoms with E-state index >= 15 is 0 Å². The van der Waals surface area contributed by atoms with Crippen LogP contribution in [0, 0.1) is 0 Å². The van der Waals surface area contributed by atoms with Crippen LogP contribution in [0.5, 0.6) is 0 Å². The maximum Gasteiger partial charge on any atom is 0.233 e. The van der Waals surface area contributed by atoms with Gasteiger partial charge >= 0.3 is 0 Å². The Labute approximate surface area is 106 Å². The number of nitrogens with one attached hydrogen (secondary N) is 1. The number of piperazine rings is 1. The Balaban J connectivity index is 2.24. The molecule has 7 nitrogen and oxygen atoms in total. The summed E-state index contributed by atoms with van der Waals surface area (Å²) in [6.07, 6.45) is 1.10. The third-order valence-electron chi connectivity index (χ3n) is 3.03. The predicted molar refractivity (Wildman–Crippen MR) is 65.0 cm³/mol. The Morgan fingerprint density at radius 2 is 1.61 bits per heavy atom. The molecule has 0 spiro atoms. The summed E-state index contributed by atoms with van der Waals surface area (Å²) in [4.78, 5) is 37.3. The Kier molecular flexibility index (Phi) is 5.57. The highest BCUT2D eigenvalue weighted by Gasteiger charge is 2.21. The summed E-state index contributed by atoms with van der Waals surface area (Å²) < 4.78 is 0. The monoisotopic (exact) mass is 256 g/mol. The molecule has 0 unspecified atom stereocenters. The topological polar surface area (TPSA) is 95.7 Å². The van der Waals surface area contributed by atoms with Gasteiger partial charge in [-0.1, -0.05) is 0 Å². The van der Waals surface area contributed by atoms with Crippen molar-refractivity contribution in [2.45, 2.75) is 26.2 Å². The van der Waals surface area contributed by atoms with Crippen molar-refractivity contribution in [3.63, 3.8) is 0 Å². The van der Waals surface area contributed by atoms with Crippen molar-refractivity contribution in [3.8, 4) is 0 Å². The van der Waals surface area contributed by atoms with Crippen molar-refractivity contribution >= 4 is 17.7 Å². The fourth-order valence-electron chi connectivity index (χ4n) is 1.90. The number of amides is 3. The molecule has 0 aromatic carbocycles. The molecule has 7 heteroatoms. The number of hydrogen-bond acceptors (Lipinski definition) is 4. The summed E-state index contributed by atoms with van der Waals surface area (Å²) in [6, 6.07) is 0. The fraction of sp³-hybridized carbons (Fsp3) is 0.727. The standard InChI is InChI=1S/C11H20N4O3/c1-9(16)14-5-7-15(8-6-14)11(18)4-2-3-10(17)13-12/h2-8,12H2,1H3,(H,13,17). The van der Waals surface area contributed by atoms with E-state index in [0.29, 0.717) is 39.0 Å². The zero-order valence-corrected chi connectivity index (χ0v) is 10.6. The first-order chi connectivity index (χ1) is 8.54. The lowest BCUT2D eigenvalue weighted by Gasteiger charge is -2.34. The summed E-state index contributed by atoms with van der Waals surface area (Å²) in [5.74, 6) is 4.76. The molecular weight excluding hydrogens is 236 g/mol. The van der Waals surface area contributed by atoms with Gasteiger partial charge in [-0.3, -0.25) is 19.8 Å². The van der Waals surface area contributed by atoms with Crippen LogP contribution in [0.3, 0.4) is 0 Å². The molecule has 1 aliphatic rings. The smallest absolute Gasteiger partial charge is 0.233 e. The highest BCUT2D eigenvalue weighted by molar-refractivity contribution is 5.79. The fourth-order valence-corrected chi connectivity index (χ4v) is 1.90. The van der Waals surface area contributed by atoms with Gasteiger partial charge in [-0.25, -0.2) is 5.84 Å². The molecule has 0 saturated carbocycles. The van der Waals surface area contributed by atoms with E-state index in [-0.39, 0.29) is 24.1 Å². The molecule has 102 valence electrons. The Hall–Kier alpha value is -1.63. The molecule has 0 aromatic rings. The van der Waals surface area contributed by atoms with Crippen molar-refractivity contribution in [1.82, 2.24) is 15.2 Å². The van der Waals surface area contributed by atoms with Gasteiger partial charge in [0.1, 0.15) is 0 Å². The van der Waals surface area contributed by atoms with Crippen LogP contribution in [-0.4, -0.2) is 53.7 Å². The Bertz CT molecular complexity index is 324. The van der Waals surface area contributed by atoms with E-state index in [0.717, 1.165) is 0 Å². The minimum Gasteiger partial charge on any atom is -0.339 e. The average Bonchev–Trinajstić information content (AvgIpc) is 2.38. The first kappa shape index (κ1) is 14.4. The summed E-state index contributed by atoms with van der Waals surface area (Å²) in [5, 5.41) is 0. The second-order valence-electron chi connectivity index (χ2n) is 4.31. The van der Waals surface area contributed by atoms with Crippen molar-refractivity contribution < 1.29 is 14.4 Å². The molecule has 3 amide bonds. The summed E-state index contributed by atoms with van der Waals surface area (Å²) in [5.41, 5.74) is 2.03. The van der Waals surface area contributed by atoms with Gasteiger partial charge in [0, 0.05) is 45.9 Å². The molecule has 1 fully saturated rings. The van der Waals surface area contributed by atoms with Gasteiger partial charge in [0.15, 0.2) is 0 Å². The largest absolute Gasteiger partial charge is 0.339 e. The highest BCUT2D eigenvalue weighted by Crippen LogP contribution is 2.06. The van der Waals surface area contributed by atoms with Gasteiger partial charge in [-0.05, 0) is 6.42 Å². The second-order valence-corrected chi connectivity index (χ2v) is 4.31. The summed E-state index contributed by atoms with van der Waals surface area (Å²) >= 11 is 0. The molecule has 18 heavy (non-hydrogen) atoms. The maximum atomic E-state index is 11.8. The van der Waals surface area contributed by atoms with Crippen LogP contribution in [-0.2, 0) is 14.4 Å². The van der Waals surface area contributed by atoms with Crippen molar-refractivity contribution in [3.05, 3.63) is 0 Å². The van der Waals surface area contributed by atoms with Gasteiger partial charge in [-0.2, -0.15) is 0 Å². The minimum atomic E-state index is -0.260. The molecule has 0 radical (unpaired) electrons. The normalized spacial score (nSPS) is 15.4. The van der Waals surface area contributed by atoms with Gasteiger partial charge < -0.3 is 9.80 Å². The Morgan fingerprint density at radius 3 is 2.11 bits per heavy atom. The van der Waals surface area contributed by atoms with E-state index < -0.39 is 0 Å². The molecule has 1 heterocycles. The van der Waals surface area contributed by atoms with Crippen LogP contribution in [0.15, 0.2) is 0 Å². The highest BCUT2D eigenvalue weighted by atomic mass is 16.2. The molecule has 0 aromatic heterocycles. The lowest BCUT2D eigenvalue weighted by molar-refractivity contribution is -0.138. The van der Waals surface area contributed by atoms with Crippen LogP contribution in [0.4, 0.5) is 0 Å². The summed E-state index contributed by atoms with van der Waals surface area (Å²) in [7, 11) is 0. The number of rotatable bonds is 4. The number of carbonyl (C=O) groups is 3. The zero-order chi connectivity index (χ0) is 13.5. The number of nitrogens with two attached hydrogens (primary N) is 1. The zero-order valence-electron chi connectivity index (χ0n) is 10.6. The van der Waals surface area contributed by atoms with Gasteiger partial charge in [-0.15, -0.1) is 0 Å². The third-order valence-corrected chi connectivity index (χ3v) is 3.03. The number of hydrogen-bond donors (Lipinski definition) is 2. The van der Waals surface area contributed by atoms with Crippen LogP contribution < -0.4 is 11.3 Å². The van der Waals surface area contributed by atoms with E-state index in [2.05, 4.69) is 0 Å². The lowest BCUT2D eigenvalue weighted by Crippen LogP contribution is -2.50. The van der Waals surface area contributed by atoms with Crippen molar-refractivity contribution in [2.24, 2.45) is 5.84 Å². The molecule has 1 saturated heterocycles. The molecule has 3 N–H and O–H groups in total. The minimum absolute atomic E-state index is 0.0306. The van der Waals surface area contributed by atoms with Crippen LogP contribution in [0.2, 0.25) is 0 Å². The Morgan fingerprint density at radius 1 is 1.06 bits per heavy atom. The van der Waals surface area contributed by atoms with Crippen molar-refractivity contribution in [1.29, 1.82) is 0 Å². The van der Waals surface area contributed by atoms with Crippen molar-refractivity contribution in [2.75, 3.05) is 26.2 Å². The maximum absolute atomic E-state index is 11.8. The molecule has 0 aliphatic carbocycles. The second kappa shape index (κ2) is 6.95. The summed E-state index contributed by atoms with van der Waals surface area (Å²) in [6.45, 7) is 3.85. The van der Waals surface area contributed by atoms with E-state index in [9.17, 15) is 14.4 Å². The first-order valence-electron chi connectivity index (χ1n) is 6.07. The van der Waals surface area contributed by atoms with E-state index in [4.69, 9.17) is 5.84 Å². The van der Waals surface area contributed by atoms with Gasteiger partial charge in [0.2, 0.25) is 17.7 Å². The number of hydrazine groups is 1. The van der Waals surface area contributed by atoms with E-state index in [1.54, 1.807) is 9.80 Å². The SMILES string of the molecule is CC(=O)N1CCN(C(=O)CCCC(=O)NN)CC1. The van der Waals surface area contributed by atoms with Gasteiger partial charge in [0.05, 0.1) is 0 Å². The molecule has 1 rings (SSSR count). The average molecular weight is 256 g/mol. The molecule has 0 bridgehead atoms. The predicted octanol–water partition coefficient (Wildman–Crippen LogP) is -1.16. The quantitative estimate of drug-likeness (QED) is 0.376. The van der Waals surface area contributed by atoms with Crippen LogP contribution in [0.25, 0.3) is 0 Å². The first-order valence-corrected chi connectivity index (χ1v) is 6.07. The molecule has 1 aliphatic heterocycles. The van der Waals surface area contributed by atoms with E-state index in [1.165, 1.54) is 6.92 Å². The number of carbonyl (C=O) groups excluding carboxylic acids is 3. The van der Waals surface area contributed by atoms with Gasteiger partial charge in [0.25, 0.3) is 0 Å². The number of nitrogens with zero attached hydrogens (tertiary/aromatic N) is 2. The van der Waals surface area contributed by atoms with Crippen LogP contribution in [0.1, 0.15) is 26.2 Å². The lowest BCUT2D eigenvalue weighted by atomic mass is 10.2. The van der Waals surface area contributed by atoms with Crippen LogP contribution >= 0.6 is 0 Å². The molecule has 0 atom stereocenters. The van der Waals surface area contributed by atoms with E-state index in [1.807, 2.05) is 5.43 Å².